The van der Waals surface area contributed by atoms with E-state index in [-0.39, 0.29) is 17.2 Å². The van der Waals surface area contributed by atoms with Gasteiger partial charge in [0, 0.05) is 29.8 Å². The lowest BCUT2D eigenvalue weighted by molar-refractivity contribution is -0.367. The van der Waals surface area contributed by atoms with Gasteiger partial charge in [-0.2, -0.15) is 0 Å². The summed E-state index contributed by atoms with van der Waals surface area (Å²) in [5.41, 5.74) is 3.68. The molecule has 2 rings (SSSR count). The van der Waals surface area contributed by atoms with E-state index in [4.69, 9.17) is 4.74 Å². The van der Waals surface area contributed by atoms with Gasteiger partial charge < -0.3 is 31.0 Å². The Hall–Kier alpha value is -1.97. The number of hydrogen-bond acceptors (Lipinski definition) is 6. The minimum atomic E-state index is -1.38. The highest BCUT2D eigenvalue weighted by Crippen LogP contribution is 2.40. The van der Waals surface area contributed by atoms with E-state index in [2.05, 4.69) is 16.4 Å². The van der Waals surface area contributed by atoms with Crippen LogP contribution < -0.4 is 21.5 Å². The van der Waals surface area contributed by atoms with Crippen LogP contribution in [0.1, 0.15) is 41.1 Å². The number of rotatable bonds is 5. The maximum absolute atomic E-state index is 11.9. The number of carboxylic acid groups (broad SMARTS) is 1. The molecule has 1 aromatic rings. The largest absolute Gasteiger partial charge is 0.545 e. The molecule has 0 fully saturated rings. The fraction of sp³-hybridized carbons (Fsp3) is 0.533. The smallest absolute Gasteiger partial charge is 0.314 e. The van der Waals surface area contributed by atoms with E-state index in [0.717, 1.165) is 16.2 Å². The van der Waals surface area contributed by atoms with Gasteiger partial charge in [0.1, 0.15) is 5.00 Å². The third kappa shape index (κ3) is 4.11. The number of fused-ring (bicyclic) bond motifs is 1. The van der Waals surface area contributed by atoms with Crippen LogP contribution in [0.4, 0.5) is 5.00 Å². The normalized spacial score (nSPS) is 15.5. The van der Waals surface area contributed by atoms with E-state index in [1.54, 1.807) is 0 Å². The van der Waals surface area contributed by atoms with E-state index in [9.17, 15) is 19.5 Å². The number of quaternary nitrogens is 1. The molecule has 132 valence electrons. The summed E-state index contributed by atoms with van der Waals surface area (Å²) in [7, 11) is 0. The van der Waals surface area contributed by atoms with Gasteiger partial charge >= 0.3 is 11.8 Å². The molecule has 1 aliphatic rings. The summed E-state index contributed by atoms with van der Waals surface area (Å²) in [4.78, 5) is 35.9. The van der Waals surface area contributed by atoms with Gasteiger partial charge in [0.25, 0.3) is 0 Å². The molecule has 8 nitrogen and oxygen atoms in total. The van der Waals surface area contributed by atoms with Crippen molar-refractivity contribution in [2.75, 3.05) is 18.4 Å². The fourth-order valence-electron chi connectivity index (χ4n) is 2.42. The van der Waals surface area contributed by atoms with Crippen LogP contribution in [0.25, 0.3) is 0 Å². The maximum atomic E-state index is 11.9. The second-order valence-corrected chi connectivity index (χ2v) is 7.24. The van der Waals surface area contributed by atoms with E-state index in [0.29, 0.717) is 31.5 Å². The lowest BCUT2D eigenvalue weighted by Crippen LogP contribution is -2.51. The molecular weight excluding hydrogens is 334 g/mol. The van der Waals surface area contributed by atoms with Crippen LogP contribution in [0.3, 0.4) is 0 Å². The SMILES string of the molecule is CC1(C)Cc2c(sc(NC(=O)C(=O)NCCC[NH3+])c2C(=O)[O-])CO1. The maximum Gasteiger partial charge on any atom is 0.314 e. The molecule has 2 amide bonds. The zero-order chi connectivity index (χ0) is 17.9. The van der Waals surface area contributed by atoms with E-state index < -0.39 is 23.4 Å². The highest BCUT2D eigenvalue weighted by Gasteiger charge is 2.32. The number of carbonyl (C=O) groups is 3. The Balaban J connectivity index is 2.19. The quantitative estimate of drug-likeness (QED) is 0.443. The lowest BCUT2D eigenvalue weighted by atomic mass is 9.93. The van der Waals surface area contributed by atoms with E-state index in [1.165, 1.54) is 0 Å². The highest BCUT2D eigenvalue weighted by atomic mass is 32.1. The van der Waals surface area contributed by atoms with Gasteiger partial charge in [-0.3, -0.25) is 9.59 Å². The van der Waals surface area contributed by atoms with Crippen LogP contribution in [-0.2, 0) is 27.4 Å². The van der Waals surface area contributed by atoms with Crippen molar-refractivity contribution in [1.29, 1.82) is 0 Å². The van der Waals surface area contributed by atoms with Crippen LogP contribution in [0.5, 0.6) is 0 Å². The monoisotopic (exact) mass is 355 g/mol. The van der Waals surface area contributed by atoms with Gasteiger partial charge in [0.05, 0.1) is 24.7 Å². The summed E-state index contributed by atoms with van der Waals surface area (Å²) >= 11 is 1.10. The van der Waals surface area contributed by atoms with Crippen molar-refractivity contribution in [1.82, 2.24) is 5.32 Å². The molecule has 1 aliphatic heterocycles. The summed E-state index contributed by atoms with van der Waals surface area (Å²) in [6, 6.07) is 0. The van der Waals surface area contributed by atoms with E-state index in [1.807, 2.05) is 13.8 Å². The summed E-state index contributed by atoms with van der Waals surface area (Å²) < 4.78 is 5.66. The number of anilines is 1. The molecule has 0 radical (unpaired) electrons. The molecule has 0 unspecified atom stereocenters. The minimum absolute atomic E-state index is 0.0646. The predicted molar refractivity (Wildman–Crippen MR) is 85.2 cm³/mol. The average Bonchev–Trinajstić information content (AvgIpc) is 2.83. The van der Waals surface area contributed by atoms with Crippen LogP contribution in [0.15, 0.2) is 0 Å². The van der Waals surface area contributed by atoms with Crippen molar-refractivity contribution in [3.63, 3.8) is 0 Å². The van der Waals surface area contributed by atoms with Gasteiger partial charge in [-0.25, -0.2) is 0 Å². The van der Waals surface area contributed by atoms with Crippen molar-refractivity contribution in [3.05, 3.63) is 16.0 Å². The Morgan fingerprint density at radius 3 is 2.67 bits per heavy atom. The number of ether oxygens (including phenoxy) is 1. The first-order valence-corrected chi connectivity index (χ1v) is 8.45. The molecule has 0 aromatic carbocycles. The number of amides is 2. The molecule has 0 atom stereocenters. The van der Waals surface area contributed by atoms with Gasteiger partial charge in [0.2, 0.25) is 0 Å². The van der Waals surface area contributed by atoms with Crippen molar-refractivity contribution >= 4 is 34.1 Å². The van der Waals surface area contributed by atoms with Gasteiger partial charge in [-0.15, -0.1) is 11.3 Å². The summed E-state index contributed by atoms with van der Waals surface area (Å²) in [5.74, 6) is -3.09. The first kappa shape index (κ1) is 18.4. The molecule has 0 saturated heterocycles. The molecule has 2 heterocycles. The van der Waals surface area contributed by atoms with Gasteiger partial charge in [-0.1, -0.05) is 0 Å². The number of hydrogen-bond donors (Lipinski definition) is 3. The van der Waals surface area contributed by atoms with Crippen molar-refractivity contribution in [2.45, 2.75) is 38.9 Å². The van der Waals surface area contributed by atoms with Crippen molar-refractivity contribution in [3.8, 4) is 0 Å². The third-order valence-corrected chi connectivity index (χ3v) is 4.76. The summed E-state index contributed by atoms with van der Waals surface area (Å²) in [6.45, 7) is 4.97. The average molecular weight is 355 g/mol. The minimum Gasteiger partial charge on any atom is -0.545 e. The Bertz CT molecular complexity index is 668. The standard InChI is InChI=1S/C15H21N3O5S/c1-15(2)6-8-9(7-23-15)24-13(10(8)14(21)22)18-12(20)11(19)17-5-3-4-16/h3-7,16H2,1-2H3,(H,17,19)(H,18,20)(H,21,22). The molecule has 5 N–H and O–H groups in total. The van der Waals surface area contributed by atoms with Crippen molar-refractivity contribution < 1.29 is 30.0 Å². The molecule has 9 heteroatoms. The first-order chi connectivity index (χ1) is 11.2. The number of carboxylic acids is 1. The Morgan fingerprint density at radius 1 is 1.33 bits per heavy atom. The first-order valence-electron chi connectivity index (χ1n) is 7.63. The molecule has 0 saturated carbocycles. The van der Waals surface area contributed by atoms with Gasteiger partial charge in [-0.05, 0) is 19.4 Å². The van der Waals surface area contributed by atoms with Crippen LogP contribution in [0.2, 0.25) is 0 Å². The predicted octanol–water partition coefficient (Wildman–Crippen LogP) is -1.35. The van der Waals surface area contributed by atoms with Crippen LogP contribution in [0, 0.1) is 0 Å². The van der Waals surface area contributed by atoms with Crippen LogP contribution >= 0.6 is 11.3 Å². The Labute approximate surface area is 143 Å². The summed E-state index contributed by atoms with van der Waals surface area (Å²) in [6.07, 6.45) is 1.05. The number of aromatic carboxylic acids is 1. The van der Waals surface area contributed by atoms with Crippen LogP contribution in [-0.4, -0.2) is 36.5 Å². The summed E-state index contributed by atoms with van der Waals surface area (Å²) in [5, 5.41) is 16.5. The second-order valence-electron chi connectivity index (χ2n) is 6.14. The topological polar surface area (TPSA) is 135 Å². The molecule has 24 heavy (non-hydrogen) atoms. The number of nitrogens with one attached hydrogen (secondary N) is 2. The molecule has 0 spiro atoms. The fourth-order valence-corrected chi connectivity index (χ4v) is 3.54. The second kappa shape index (κ2) is 7.29. The number of carbonyl (C=O) groups excluding carboxylic acids is 3. The Kier molecular flexibility index (Phi) is 5.58. The van der Waals surface area contributed by atoms with Crippen molar-refractivity contribution in [2.24, 2.45) is 0 Å². The third-order valence-electron chi connectivity index (χ3n) is 3.64. The number of thiophene rings is 1. The zero-order valence-electron chi connectivity index (χ0n) is 13.7. The highest BCUT2D eigenvalue weighted by molar-refractivity contribution is 7.17. The molecule has 0 bridgehead atoms. The molecule has 1 aromatic heterocycles. The lowest BCUT2D eigenvalue weighted by Gasteiger charge is -2.30. The Morgan fingerprint density at radius 2 is 2.04 bits per heavy atom. The van der Waals surface area contributed by atoms with Gasteiger partial charge in [0.15, 0.2) is 0 Å². The molecule has 0 aliphatic carbocycles. The molecular formula is C15H21N3O5S. The van der Waals surface area contributed by atoms with E-state index >= 15 is 0 Å². The zero-order valence-corrected chi connectivity index (χ0v) is 14.5.